The summed E-state index contributed by atoms with van der Waals surface area (Å²) in [6.07, 6.45) is 1.37. The maximum Gasteiger partial charge on any atom is 0.224 e. The zero-order valence-electron chi connectivity index (χ0n) is 9.00. The van der Waals surface area contributed by atoms with Crippen LogP contribution in [0.2, 0.25) is 5.02 Å². The fraction of sp³-hybridized carbons (Fsp3) is 0.417. The summed E-state index contributed by atoms with van der Waals surface area (Å²) in [6, 6.07) is 7.72. The molecule has 0 spiro atoms. The van der Waals surface area contributed by atoms with Gasteiger partial charge < -0.3 is 10.6 Å². The smallest absolute Gasteiger partial charge is 0.224 e. The van der Waals surface area contributed by atoms with Gasteiger partial charge in [-0.15, -0.1) is 0 Å². The Morgan fingerprint density at radius 2 is 2.31 bits per heavy atom. The first-order valence-electron chi connectivity index (χ1n) is 5.49. The van der Waals surface area contributed by atoms with E-state index in [0.717, 1.165) is 25.1 Å². The molecule has 3 nitrogen and oxygen atoms in total. The SMILES string of the molecule is O=C(Cc1ccccc1Cl)N[C@H]1CCNC1. The van der Waals surface area contributed by atoms with Gasteiger partial charge in [-0.1, -0.05) is 29.8 Å². The molecule has 1 atom stereocenters. The van der Waals surface area contributed by atoms with Crippen molar-refractivity contribution in [3.05, 3.63) is 34.9 Å². The fourth-order valence-electron chi connectivity index (χ4n) is 1.87. The molecule has 1 aromatic carbocycles. The number of carbonyl (C=O) groups excluding carboxylic acids is 1. The summed E-state index contributed by atoms with van der Waals surface area (Å²) in [5.74, 6) is 0.0433. The third kappa shape index (κ3) is 2.97. The number of hydrogen-bond acceptors (Lipinski definition) is 2. The van der Waals surface area contributed by atoms with E-state index in [-0.39, 0.29) is 11.9 Å². The van der Waals surface area contributed by atoms with Crippen molar-refractivity contribution in [3.63, 3.8) is 0 Å². The highest BCUT2D eigenvalue weighted by Gasteiger charge is 2.16. The largest absolute Gasteiger partial charge is 0.352 e. The molecular formula is C12H15ClN2O. The predicted octanol–water partition coefficient (Wildman–Crippen LogP) is 1.36. The molecule has 16 heavy (non-hydrogen) atoms. The molecule has 86 valence electrons. The summed E-state index contributed by atoms with van der Waals surface area (Å²) in [6.45, 7) is 1.85. The fourth-order valence-corrected chi connectivity index (χ4v) is 2.07. The van der Waals surface area contributed by atoms with E-state index in [2.05, 4.69) is 10.6 Å². The van der Waals surface area contributed by atoms with Crippen LogP contribution >= 0.6 is 11.6 Å². The molecule has 0 bridgehead atoms. The van der Waals surface area contributed by atoms with Crippen molar-refractivity contribution in [2.75, 3.05) is 13.1 Å². The minimum absolute atomic E-state index is 0.0433. The predicted molar refractivity (Wildman–Crippen MR) is 64.6 cm³/mol. The van der Waals surface area contributed by atoms with Crippen molar-refractivity contribution < 1.29 is 4.79 Å². The number of halogens is 1. The summed E-state index contributed by atoms with van der Waals surface area (Å²) in [7, 11) is 0. The van der Waals surface area contributed by atoms with Gasteiger partial charge in [0.15, 0.2) is 0 Å². The Bertz CT molecular complexity index is 375. The average molecular weight is 239 g/mol. The van der Waals surface area contributed by atoms with E-state index < -0.39 is 0 Å². The second kappa shape index (κ2) is 5.32. The number of benzene rings is 1. The van der Waals surface area contributed by atoms with Gasteiger partial charge in [-0.25, -0.2) is 0 Å². The number of carbonyl (C=O) groups is 1. The molecule has 0 saturated carbocycles. The lowest BCUT2D eigenvalue weighted by Gasteiger charge is -2.11. The van der Waals surface area contributed by atoms with Crippen molar-refractivity contribution in [1.82, 2.24) is 10.6 Å². The molecule has 1 aliphatic rings. The van der Waals surface area contributed by atoms with Crippen LogP contribution < -0.4 is 10.6 Å². The van der Waals surface area contributed by atoms with Crippen LogP contribution in [0.15, 0.2) is 24.3 Å². The lowest BCUT2D eigenvalue weighted by atomic mass is 10.1. The maximum absolute atomic E-state index is 11.7. The van der Waals surface area contributed by atoms with Crippen molar-refractivity contribution in [2.24, 2.45) is 0 Å². The van der Waals surface area contributed by atoms with Crippen molar-refractivity contribution in [3.8, 4) is 0 Å². The van der Waals surface area contributed by atoms with Gasteiger partial charge in [0.1, 0.15) is 0 Å². The normalized spacial score (nSPS) is 19.7. The third-order valence-electron chi connectivity index (χ3n) is 2.73. The Kier molecular flexibility index (Phi) is 3.80. The van der Waals surface area contributed by atoms with Crippen molar-refractivity contribution in [1.29, 1.82) is 0 Å². The van der Waals surface area contributed by atoms with Gasteiger partial charge in [0.05, 0.1) is 6.42 Å². The summed E-state index contributed by atoms with van der Waals surface area (Å²) < 4.78 is 0. The second-order valence-electron chi connectivity index (χ2n) is 4.03. The molecule has 1 aromatic rings. The van der Waals surface area contributed by atoms with Crippen LogP contribution in [-0.4, -0.2) is 25.0 Å². The molecule has 0 aromatic heterocycles. The zero-order valence-corrected chi connectivity index (χ0v) is 9.76. The van der Waals surface area contributed by atoms with Crippen LogP contribution in [0.25, 0.3) is 0 Å². The first-order valence-corrected chi connectivity index (χ1v) is 5.87. The van der Waals surface area contributed by atoms with Crippen LogP contribution in [0.1, 0.15) is 12.0 Å². The van der Waals surface area contributed by atoms with Crippen molar-refractivity contribution in [2.45, 2.75) is 18.9 Å². The number of amides is 1. The summed E-state index contributed by atoms with van der Waals surface area (Å²) in [4.78, 5) is 11.7. The molecule has 1 fully saturated rings. The summed E-state index contributed by atoms with van der Waals surface area (Å²) >= 11 is 5.99. The highest BCUT2D eigenvalue weighted by atomic mass is 35.5. The van der Waals surface area contributed by atoms with E-state index in [1.54, 1.807) is 6.07 Å². The molecule has 1 aliphatic heterocycles. The molecule has 4 heteroatoms. The van der Waals surface area contributed by atoms with Crippen molar-refractivity contribution >= 4 is 17.5 Å². The molecule has 2 rings (SSSR count). The van der Waals surface area contributed by atoms with Gasteiger partial charge in [0, 0.05) is 17.6 Å². The lowest BCUT2D eigenvalue weighted by Crippen LogP contribution is -2.37. The topological polar surface area (TPSA) is 41.1 Å². The van der Waals surface area contributed by atoms with Crippen LogP contribution in [0, 0.1) is 0 Å². The minimum atomic E-state index is 0.0433. The van der Waals surface area contributed by atoms with E-state index >= 15 is 0 Å². The minimum Gasteiger partial charge on any atom is -0.352 e. The van der Waals surface area contributed by atoms with Gasteiger partial charge >= 0.3 is 0 Å². The molecular weight excluding hydrogens is 224 g/mol. The molecule has 1 amide bonds. The Balaban J connectivity index is 1.89. The molecule has 1 heterocycles. The Morgan fingerprint density at radius 1 is 1.50 bits per heavy atom. The van der Waals surface area contributed by atoms with E-state index in [1.807, 2.05) is 18.2 Å². The van der Waals surface area contributed by atoms with Gasteiger partial charge in [-0.2, -0.15) is 0 Å². The lowest BCUT2D eigenvalue weighted by molar-refractivity contribution is -0.121. The first kappa shape index (κ1) is 11.4. The number of hydrogen-bond donors (Lipinski definition) is 2. The maximum atomic E-state index is 11.7. The molecule has 0 aliphatic carbocycles. The highest BCUT2D eigenvalue weighted by Crippen LogP contribution is 2.15. The van der Waals surface area contributed by atoms with Crippen LogP contribution in [0.5, 0.6) is 0 Å². The Morgan fingerprint density at radius 3 is 3.00 bits per heavy atom. The van der Waals surface area contributed by atoms with Crippen LogP contribution in [0.3, 0.4) is 0 Å². The van der Waals surface area contributed by atoms with Gasteiger partial charge in [0.25, 0.3) is 0 Å². The molecule has 0 radical (unpaired) electrons. The molecule has 0 unspecified atom stereocenters. The Hall–Kier alpha value is -1.06. The van der Waals surface area contributed by atoms with Crippen LogP contribution in [0.4, 0.5) is 0 Å². The quantitative estimate of drug-likeness (QED) is 0.835. The summed E-state index contributed by atoms with van der Waals surface area (Å²) in [5, 5.41) is 6.86. The second-order valence-corrected chi connectivity index (χ2v) is 4.43. The summed E-state index contributed by atoms with van der Waals surface area (Å²) in [5.41, 5.74) is 0.882. The monoisotopic (exact) mass is 238 g/mol. The van der Waals surface area contributed by atoms with Crippen LogP contribution in [-0.2, 0) is 11.2 Å². The standard InChI is InChI=1S/C12H15ClN2O/c13-11-4-2-1-3-9(11)7-12(16)15-10-5-6-14-8-10/h1-4,10,14H,5-8H2,(H,15,16)/t10-/m0/s1. The van der Waals surface area contributed by atoms with E-state index in [0.29, 0.717) is 11.4 Å². The number of nitrogens with one attached hydrogen (secondary N) is 2. The highest BCUT2D eigenvalue weighted by molar-refractivity contribution is 6.31. The Labute approximate surface area is 100 Å². The van der Waals surface area contributed by atoms with E-state index in [1.165, 1.54) is 0 Å². The zero-order chi connectivity index (χ0) is 11.4. The molecule has 1 saturated heterocycles. The molecule has 2 N–H and O–H groups in total. The third-order valence-corrected chi connectivity index (χ3v) is 3.10. The first-order chi connectivity index (χ1) is 7.75. The van der Waals surface area contributed by atoms with Gasteiger partial charge in [0.2, 0.25) is 5.91 Å². The van der Waals surface area contributed by atoms with Gasteiger partial charge in [-0.3, -0.25) is 4.79 Å². The van der Waals surface area contributed by atoms with Gasteiger partial charge in [-0.05, 0) is 24.6 Å². The van der Waals surface area contributed by atoms with E-state index in [9.17, 15) is 4.79 Å². The van der Waals surface area contributed by atoms with E-state index in [4.69, 9.17) is 11.6 Å². The average Bonchev–Trinajstić information content (AvgIpc) is 2.74. The number of rotatable bonds is 3.